The second kappa shape index (κ2) is 7.40. The van der Waals surface area contributed by atoms with Gasteiger partial charge in [0.2, 0.25) is 5.09 Å². The number of furan rings is 1. The zero-order valence-corrected chi connectivity index (χ0v) is 15.9. The highest BCUT2D eigenvalue weighted by Gasteiger charge is 2.38. The van der Waals surface area contributed by atoms with E-state index < -0.39 is 22.0 Å². The van der Waals surface area contributed by atoms with E-state index in [1.54, 1.807) is 18.2 Å². The molecule has 0 spiro atoms. The predicted octanol–water partition coefficient (Wildman–Crippen LogP) is 2.36. The van der Waals surface area contributed by atoms with Gasteiger partial charge in [0.05, 0.1) is 13.2 Å². The highest BCUT2D eigenvalue weighted by Crippen LogP contribution is 2.33. The van der Waals surface area contributed by atoms with Crippen molar-refractivity contribution in [1.29, 1.82) is 0 Å². The lowest BCUT2D eigenvalue weighted by Crippen LogP contribution is -2.48. The molecule has 0 saturated carbocycles. The van der Waals surface area contributed by atoms with E-state index in [9.17, 15) is 13.2 Å². The average molecular weight is 399 g/mol. The van der Waals surface area contributed by atoms with Gasteiger partial charge in [-0.2, -0.15) is 4.31 Å². The van der Waals surface area contributed by atoms with Crippen LogP contribution in [0.1, 0.15) is 27.7 Å². The summed E-state index contributed by atoms with van der Waals surface area (Å²) in [6, 6.07) is 7.86. The summed E-state index contributed by atoms with van der Waals surface area (Å²) in [5, 5.41) is 3.40. The van der Waals surface area contributed by atoms with Crippen LogP contribution < -0.4 is 5.32 Å². The number of hydrogen-bond acceptors (Lipinski definition) is 6. The molecule has 1 unspecified atom stereocenters. The summed E-state index contributed by atoms with van der Waals surface area (Å²) in [6.07, 6.45) is 0. The average Bonchev–Trinajstić information content (AvgIpc) is 3.04. The highest BCUT2D eigenvalue weighted by molar-refractivity contribution is 7.89. The summed E-state index contributed by atoms with van der Waals surface area (Å²) in [6.45, 7) is 2.70. The van der Waals surface area contributed by atoms with E-state index in [1.165, 1.54) is 24.4 Å². The van der Waals surface area contributed by atoms with Crippen molar-refractivity contribution in [2.75, 3.05) is 26.7 Å². The van der Waals surface area contributed by atoms with Crippen molar-refractivity contribution >= 4 is 27.6 Å². The van der Waals surface area contributed by atoms with Crippen LogP contribution >= 0.6 is 11.6 Å². The Morgan fingerprint density at radius 2 is 2.12 bits per heavy atom. The first-order valence-electron chi connectivity index (χ1n) is 8.02. The van der Waals surface area contributed by atoms with Crippen LogP contribution in [-0.2, 0) is 14.8 Å². The number of sulfonamides is 1. The molecule has 9 heteroatoms. The molecule has 1 aromatic heterocycles. The molecule has 0 aliphatic carbocycles. The number of aryl methyl sites for hydroxylation is 1. The summed E-state index contributed by atoms with van der Waals surface area (Å²) in [7, 11) is -2.73. The van der Waals surface area contributed by atoms with Gasteiger partial charge in [-0.25, -0.2) is 13.2 Å². The van der Waals surface area contributed by atoms with Gasteiger partial charge in [0, 0.05) is 30.7 Å². The number of nitrogens with zero attached hydrogens (tertiary/aromatic N) is 1. The van der Waals surface area contributed by atoms with Crippen molar-refractivity contribution in [2.24, 2.45) is 0 Å². The van der Waals surface area contributed by atoms with Crippen LogP contribution in [0.25, 0.3) is 0 Å². The first-order chi connectivity index (χ1) is 12.4. The molecule has 3 rings (SSSR count). The number of hydrogen-bond donors (Lipinski definition) is 1. The summed E-state index contributed by atoms with van der Waals surface area (Å²) >= 11 is 6.27. The molecule has 0 amide bonds. The van der Waals surface area contributed by atoms with Crippen LogP contribution in [0.2, 0.25) is 5.02 Å². The fourth-order valence-corrected chi connectivity index (χ4v) is 4.84. The molecule has 1 aliphatic heterocycles. The number of halogens is 1. The number of esters is 1. The van der Waals surface area contributed by atoms with E-state index in [1.807, 2.05) is 6.07 Å². The van der Waals surface area contributed by atoms with E-state index >= 15 is 0 Å². The van der Waals surface area contributed by atoms with Crippen LogP contribution in [0.5, 0.6) is 0 Å². The number of rotatable bonds is 4. The Kier molecular flexibility index (Phi) is 5.38. The SMILES string of the molecule is COC(=O)c1cc(S(=O)(=O)N2CCNCC2c2ccccc2Cl)oc1C. The molecule has 0 bridgehead atoms. The first-order valence-corrected chi connectivity index (χ1v) is 9.83. The number of carbonyl (C=O) groups is 1. The molecule has 1 aliphatic rings. The molecule has 1 atom stereocenters. The third kappa shape index (κ3) is 3.37. The quantitative estimate of drug-likeness (QED) is 0.795. The zero-order valence-electron chi connectivity index (χ0n) is 14.4. The second-order valence-corrected chi connectivity index (χ2v) is 8.11. The van der Waals surface area contributed by atoms with Crippen LogP contribution in [0.3, 0.4) is 0 Å². The van der Waals surface area contributed by atoms with Crippen LogP contribution in [0.4, 0.5) is 0 Å². The predicted molar refractivity (Wildman–Crippen MR) is 95.7 cm³/mol. The molecular weight excluding hydrogens is 380 g/mol. The van der Waals surface area contributed by atoms with Crippen molar-refractivity contribution in [3.63, 3.8) is 0 Å². The van der Waals surface area contributed by atoms with Crippen molar-refractivity contribution in [2.45, 2.75) is 18.1 Å². The van der Waals surface area contributed by atoms with E-state index in [0.29, 0.717) is 23.7 Å². The fraction of sp³-hybridized carbons (Fsp3) is 0.353. The standard InChI is InChI=1S/C17H19ClN2O5S/c1-11-13(17(21)24-2)9-16(25-11)26(22,23)20-8-7-19-10-15(20)12-5-3-4-6-14(12)18/h3-6,9,15,19H,7-8,10H2,1-2H3. The zero-order chi connectivity index (χ0) is 18.9. The second-order valence-electron chi connectivity index (χ2n) is 5.88. The first kappa shape index (κ1) is 18.9. The molecule has 1 fully saturated rings. The molecule has 26 heavy (non-hydrogen) atoms. The number of carbonyl (C=O) groups excluding carboxylic acids is 1. The summed E-state index contributed by atoms with van der Waals surface area (Å²) in [5.74, 6) is -0.449. The maximum Gasteiger partial charge on any atom is 0.341 e. The summed E-state index contributed by atoms with van der Waals surface area (Å²) < 4.78 is 37.7. The minimum absolute atomic E-state index is 0.0931. The Balaban J connectivity index is 2.02. The van der Waals surface area contributed by atoms with Crippen molar-refractivity contribution in [3.8, 4) is 0 Å². The monoisotopic (exact) mass is 398 g/mol. The van der Waals surface area contributed by atoms with E-state index in [2.05, 4.69) is 10.1 Å². The number of nitrogens with one attached hydrogen (secondary N) is 1. The van der Waals surface area contributed by atoms with Crippen molar-refractivity contribution < 1.29 is 22.4 Å². The van der Waals surface area contributed by atoms with Gasteiger partial charge < -0.3 is 14.5 Å². The topological polar surface area (TPSA) is 88.9 Å². The lowest BCUT2D eigenvalue weighted by atomic mass is 10.1. The van der Waals surface area contributed by atoms with Gasteiger partial charge in [0.1, 0.15) is 11.3 Å². The molecule has 1 aromatic carbocycles. The molecule has 1 saturated heterocycles. The highest BCUT2D eigenvalue weighted by atomic mass is 35.5. The van der Waals surface area contributed by atoms with E-state index in [0.717, 1.165) is 0 Å². The van der Waals surface area contributed by atoms with Gasteiger partial charge in [0.25, 0.3) is 10.0 Å². The van der Waals surface area contributed by atoms with Crippen LogP contribution in [-0.4, -0.2) is 45.4 Å². The van der Waals surface area contributed by atoms with Gasteiger partial charge >= 0.3 is 5.97 Å². The van der Waals surface area contributed by atoms with Gasteiger partial charge in [-0.05, 0) is 18.6 Å². The van der Waals surface area contributed by atoms with Crippen LogP contribution in [0, 0.1) is 6.92 Å². The number of methoxy groups -OCH3 is 1. The van der Waals surface area contributed by atoms with Crippen LogP contribution in [0.15, 0.2) is 39.8 Å². The molecule has 0 radical (unpaired) electrons. The minimum Gasteiger partial charge on any atom is -0.465 e. The molecule has 7 nitrogen and oxygen atoms in total. The maximum atomic E-state index is 13.2. The Labute approximate surface area is 156 Å². The van der Waals surface area contributed by atoms with Crippen molar-refractivity contribution in [1.82, 2.24) is 9.62 Å². The molecule has 2 heterocycles. The number of ether oxygens (including phenoxy) is 1. The molecule has 2 aromatic rings. The maximum absolute atomic E-state index is 13.2. The third-order valence-corrected chi connectivity index (χ3v) is 6.43. The van der Waals surface area contributed by atoms with Gasteiger partial charge in [-0.1, -0.05) is 29.8 Å². The Hall–Kier alpha value is -1.87. The van der Waals surface area contributed by atoms with E-state index in [4.69, 9.17) is 16.0 Å². The summed E-state index contributed by atoms with van der Waals surface area (Å²) in [5.41, 5.74) is 0.803. The van der Waals surface area contributed by atoms with Gasteiger partial charge in [-0.3, -0.25) is 0 Å². The van der Waals surface area contributed by atoms with Crippen molar-refractivity contribution in [3.05, 3.63) is 52.2 Å². The molecule has 1 N–H and O–H groups in total. The van der Waals surface area contributed by atoms with Gasteiger partial charge in [0.15, 0.2) is 0 Å². The summed E-state index contributed by atoms with van der Waals surface area (Å²) in [4.78, 5) is 11.8. The lowest BCUT2D eigenvalue weighted by Gasteiger charge is -2.35. The number of piperazine rings is 1. The fourth-order valence-electron chi connectivity index (χ4n) is 2.99. The Morgan fingerprint density at radius 1 is 1.38 bits per heavy atom. The molecular formula is C17H19ClN2O5S. The van der Waals surface area contributed by atoms with E-state index in [-0.39, 0.29) is 23.0 Å². The van der Waals surface area contributed by atoms with Gasteiger partial charge in [-0.15, -0.1) is 0 Å². The number of benzene rings is 1. The normalized spacial score (nSPS) is 18.7. The largest absolute Gasteiger partial charge is 0.465 e. The Bertz CT molecular complexity index is 925. The minimum atomic E-state index is -3.96. The Morgan fingerprint density at radius 3 is 2.81 bits per heavy atom. The molecule has 140 valence electrons. The lowest BCUT2D eigenvalue weighted by molar-refractivity contribution is 0.0598. The third-order valence-electron chi connectivity index (χ3n) is 4.32. The smallest absolute Gasteiger partial charge is 0.341 e.